The molecular weight excluding hydrogens is 275 g/mol. The number of carbonyl (C=O) groups is 1. The monoisotopic (exact) mass is 290 g/mol. The zero-order chi connectivity index (χ0) is 14.8. The molecule has 0 fully saturated rings. The Morgan fingerprint density at radius 2 is 2.11 bits per heavy atom. The first kappa shape index (κ1) is 15.4. The van der Waals surface area contributed by atoms with Gasteiger partial charge in [-0.2, -0.15) is 0 Å². The maximum atomic E-state index is 12.9. The third kappa shape index (κ3) is 3.63. The number of carboxylic acids is 1. The number of rotatable bonds is 5. The number of hydrogen-bond acceptors (Lipinski definition) is 5. The molecule has 0 atom stereocenters. The van der Waals surface area contributed by atoms with Crippen molar-refractivity contribution in [3.8, 4) is 0 Å². The van der Waals surface area contributed by atoms with Crippen LogP contribution in [0.3, 0.4) is 0 Å². The van der Waals surface area contributed by atoms with Crippen molar-refractivity contribution in [2.24, 2.45) is 0 Å². The Labute approximate surface area is 110 Å². The standard InChI is InChI=1S/C11H15FN2O4S/c1-11(2,19(3,17)18)6-14-9-8(10(15)16)4-7(12)5-13-9/h4-5H,6H2,1-3H3,(H,13,14)(H,15,16). The summed E-state index contributed by atoms with van der Waals surface area (Å²) < 4.78 is 34.8. The fraction of sp³-hybridized carbons (Fsp3) is 0.455. The van der Waals surface area contributed by atoms with E-state index >= 15 is 0 Å². The van der Waals surface area contributed by atoms with Crippen molar-refractivity contribution < 1.29 is 22.7 Å². The zero-order valence-electron chi connectivity index (χ0n) is 10.8. The molecule has 0 aliphatic carbocycles. The average molecular weight is 290 g/mol. The molecule has 6 nitrogen and oxygen atoms in total. The van der Waals surface area contributed by atoms with Crippen molar-refractivity contribution in [1.29, 1.82) is 0 Å². The van der Waals surface area contributed by atoms with Gasteiger partial charge in [0.25, 0.3) is 0 Å². The highest BCUT2D eigenvalue weighted by molar-refractivity contribution is 7.92. The lowest BCUT2D eigenvalue weighted by atomic mass is 10.2. The molecule has 1 rings (SSSR count). The number of pyridine rings is 1. The van der Waals surface area contributed by atoms with E-state index in [1.165, 1.54) is 13.8 Å². The SMILES string of the molecule is CC(C)(CNc1ncc(F)cc1C(=O)O)S(C)(=O)=O. The highest BCUT2D eigenvalue weighted by Gasteiger charge is 2.30. The Bertz CT molecular complexity index is 599. The van der Waals surface area contributed by atoms with E-state index in [0.29, 0.717) is 0 Å². The molecule has 106 valence electrons. The van der Waals surface area contributed by atoms with Crippen LogP contribution in [0.2, 0.25) is 0 Å². The number of hydrogen-bond donors (Lipinski definition) is 2. The Kier molecular flexibility index (Phi) is 4.14. The third-order valence-electron chi connectivity index (χ3n) is 2.77. The van der Waals surface area contributed by atoms with Gasteiger partial charge >= 0.3 is 5.97 Å². The van der Waals surface area contributed by atoms with E-state index in [9.17, 15) is 17.6 Å². The first-order chi connectivity index (χ1) is 8.54. The molecule has 1 heterocycles. The normalized spacial score (nSPS) is 12.2. The molecule has 0 aromatic carbocycles. The lowest BCUT2D eigenvalue weighted by molar-refractivity contribution is 0.0697. The molecule has 0 aliphatic rings. The molecule has 0 radical (unpaired) electrons. The van der Waals surface area contributed by atoms with Crippen LogP contribution < -0.4 is 5.32 Å². The van der Waals surface area contributed by atoms with Crippen LogP contribution in [0.1, 0.15) is 24.2 Å². The van der Waals surface area contributed by atoms with Gasteiger partial charge in [0, 0.05) is 12.8 Å². The topological polar surface area (TPSA) is 96.4 Å². The van der Waals surface area contributed by atoms with Gasteiger partial charge < -0.3 is 10.4 Å². The maximum absolute atomic E-state index is 12.9. The van der Waals surface area contributed by atoms with Gasteiger partial charge in [-0.15, -0.1) is 0 Å². The number of carboxylic acid groups (broad SMARTS) is 1. The van der Waals surface area contributed by atoms with E-state index < -0.39 is 26.4 Å². The van der Waals surface area contributed by atoms with E-state index in [4.69, 9.17) is 5.11 Å². The van der Waals surface area contributed by atoms with Crippen LogP contribution in [0.4, 0.5) is 10.2 Å². The van der Waals surface area contributed by atoms with Gasteiger partial charge in [0.15, 0.2) is 9.84 Å². The highest BCUT2D eigenvalue weighted by Crippen LogP contribution is 2.18. The fourth-order valence-corrected chi connectivity index (χ4v) is 1.51. The summed E-state index contributed by atoms with van der Waals surface area (Å²) in [5, 5.41) is 11.5. The second kappa shape index (κ2) is 5.12. The highest BCUT2D eigenvalue weighted by atomic mass is 32.2. The summed E-state index contributed by atoms with van der Waals surface area (Å²) in [4.78, 5) is 14.6. The molecule has 8 heteroatoms. The van der Waals surface area contributed by atoms with Crippen molar-refractivity contribution in [3.63, 3.8) is 0 Å². The summed E-state index contributed by atoms with van der Waals surface area (Å²) in [6.07, 6.45) is 1.95. The molecule has 1 aromatic rings. The first-order valence-electron chi connectivity index (χ1n) is 5.37. The number of aromatic nitrogens is 1. The van der Waals surface area contributed by atoms with Crippen molar-refractivity contribution in [3.05, 3.63) is 23.6 Å². The van der Waals surface area contributed by atoms with Gasteiger partial charge in [-0.25, -0.2) is 22.6 Å². The first-order valence-corrected chi connectivity index (χ1v) is 7.26. The van der Waals surface area contributed by atoms with Crippen LogP contribution in [-0.4, -0.2) is 42.0 Å². The summed E-state index contributed by atoms with van der Waals surface area (Å²) in [6, 6.07) is 0.825. The van der Waals surface area contributed by atoms with Crippen LogP contribution >= 0.6 is 0 Å². The Morgan fingerprint density at radius 3 is 2.58 bits per heavy atom. The Hall–Kier alpha value is -1.70. The number of nitrogens with one attached hydrogen (secondary N) is 1. The van der Waals surface area contributed by atoms with Gasteiger partial charge in [-0.05, 0) is 19.9 Å². The minimum Gasteiger partial charge on any atom is -0.478 e. The summed E-state index contributed by atoms with van der Waals surface area (Å²) in [5.74, 6) is -2.18. The lowest BCUT2D eigenvalue weighted by Crippen LogP contribution is -2.38. The van der Waals surface area contributed by atoms with Gasteiger partial charge in [0.2, 0.25) is 0 Å². The van der Waals surface area contributed by atoms with Crippen molar-refractivity contribution in [1.82, 2.24) is 4.98 Å². The predicted molar refractivity (Wildman–Crippen MR) is 68.6 cm³/mol. The molecule has 0 spiro atoms. The lowest BCUT2D eigenvalue weighted by Gasteiger charge is -2.23. The smallest absolute Gasteiger partial charge is 0.339 e. The summed E-state index contributed by atoms with van der Waals surface area (Å²) >= 11 is 0. The second-order valence-corrected chi connectivity index (χ2v) is 7.39. The summed E-state index contributed by atoms with van der Waals surface area (Å²) in [5.41, 5.74) is -0.343. The molecule has 0 aliphatic heterocycles. The van der Waals surface area contributed by atoms with Crippen LogP contribution in [0, 0.1) is 5.82 Å². The Morgan fingerprint density at radius 1 is 1.53 bits per heavy atom. The molecule has 0 amide bonds. The van der Waals surface area contributed by atoms with Crippen molar-refractivity contribution in [2.45, 2.75) is 18.6 Å². The van der Waals surface area contributed by atoms with Crippen LogP contribution in [0.5, 0.6) is 0 Å². The van der Waals surface area contributed by atoms with Gasteiger partial charge in [0.05, 0.1) is 10.9 Å². The molecule has 0 bridgehead atoms. The quantitative estimate of drug-likeness (QED) is 0.844. The number of sulfone groups is 1. The molecule has 0 unspecified atom stereocenters. The summed E-state index contributed by atoms with van der Waals surface area (Å²) in [7, 11) is -3.33. The third-order valence-corrected chi connectivity index (χ3v) is 4.92. The molecule has 2 N–H and O–H groups in total. The molecule has 0 saturated carbocycles. The van der Waals surface area contributed by atoms with E-state index in [2.05, 4.69) is 10.3 Å². The van der Waals surface area contributed by atoms with Crippen LogP contribution in [0.25, 0.3) is 0 Å². The van der Waals surface area contributed by atoms with Gasteiger partial charge in [0.1, 0.15) is 17.2 Å². The van der Waals surface area contributed by atoms with Crippen LogP contribution in [0.15, 0.2) is 12.3 Å². The molecule has 0 saturated heterocycles. The number of anilines is 1. The fourth-order valence-electron chi connectivity index (χ4n) is 1.17. The number of aromatic carboxylic acids is 1. The summed E-state index contributed by atoms with van der Waals surface area (Å²) in [6.45, 7) is 2.96. The van der Waals surface area contributed by atoms with Gasteiger partial charge in [-0.3, -0.25) is 0 Å². The van der Waals surface area contributed by atoms with Crippen molar-refractivity contribution in [2.75, 3.05) is 18.1 Å². The number of nitrogens with zero attached hydrogens (tertiary/aromatic N) is 1. The average Bonchev–Trinajstić information content (AvgIpc) is 2.25. The predicted octanol–water partition coefficient (Wildman–Crippen LogP) is 1.15. The zero-order valence-corrected chi connectivity index (χ0v) is 11.6. The minimum atomic E-state index is -3.33. The van der Waals surface area contributed by atoms with E-state index in [1.54, 1.807) is 0 Å². The largest absolute Gasteiger partial charge is 0.478 e. The van der Waals surface area contributed by atoms with Gasteiger partial charge in [-0.1, -0.05) is 0 Å². The van der Waals surface area contributed by atoms with E-state index in [0.717, 1.165) is 18.5 Å². The maximum Gasteiger partial charge on any atom is 0.339 e. The molecular formula is C11H15FN2O4S. The number of halogens is 1. The van der Waals surface area contributed by atoms with Crippen molar-refractivity contribution >= 4 is 21.6 Å². The second-order valence-electron chi connectivity index (χ2n) is 4.74. The van der Waals surface area contributed by atoms with E-state index in [1.807, 2.05) is 0 Å². The minimum absolute atomic E-state index is 0.0370. The molecule has 1 aromatic heterocycles. The molecule has 19 heavy (non-hydrogen) atoms. The van der Waals surface area contributed by atoms with E-state index in [-0.39, 0.29) is 17.9 Å². The Balaban J connectivity index is 2.99. The van der Waals surface area contributed by atoms with Crippen LogP contribution in [-0.2, 0) is 9.84 Å².